The van der Waals surface area contributed by atoms with Crippen LogP contribution in [0.2, 0.25) is 0 Å². The van der Waals surface area contributed by atoms with Crippen LogP contribution in [0, 0.1) is 0 Å². The smallest absolute Gasteiger partial charge is 0.00199 e. The summed E-state index contributed by atoms with van der Waals surface area (Å²) in [6, 6.07) is 80.4. The van der Waals surface area contributed by atoms with Crippen molar-refractivity contribution in [1.82, 2.24) is 0 Å². The summed E-state index contributed by atoms with van der Waals surface area (Å²) in [7, 11) is 0. The predicted octanol–water partition coefficient (Wildman–Crippen LogP) is 15.8. The molecule has 260 valence electrons. The van der Waals surface area contributed by atoms with Gasteiger partial charge < -0.3 is 0 Å². The number of fused-ring (bicyclic) bond motifs is 6. The number of benzene rings is 11. The Balaban J connectivity index is 1.23. The summed E-state index contributed by atoms with van der Waals surface area (Å²) >= 11 is 0. The number of hydrogen-bond donors (Lipinski definition) is 0. The van der Waals surface area contributed by atoms with Crippen molar-refractivity contribution in [3.8, 4) is 55.6 Å². The quantitative estimate of drug-likeness (QED) is 0.123. The van der Waals surface area contributed by atoms with Gasteiger partial charge in [0.2, 0.25) is 0 Å². The predicted molar refractivity (Wildman–Crippen MR) is 241 cm³/mol. The molecule has 0 N–H and O–H groups in total. The first-order valence-corrected chi connectivity index (χ1v) is 19.4. The molecular formula is C56H36. The van der Waals surface area contributed by atoms with Crippen molar-refractivity contribution in [2.24, 2.45) is 0 Å². The third-order valence-corrected chi connectivity index (χ3v) is 11.7. The molecule has 0 bridgehead atoms. The van der Waals surface area contributed by atoms with Crippen LogP contribution in [0.4, 0.5) is 0 Å². The van der Waals surface area contributed by atoms with E-state index in [0.717, 1.165) is 0 Å². The molecule has 0 aliphatic rings. The number of rotatable bonds is 5. The highest BCUT2D eigenvalue weighted by molar-refractivity contribution is 6.23. The first-order valence-electron chi connectivity index (χ1n) is 19.4. The summed E-state index contributed by atoms with van der Waals surface area (Å²) in [6.07, 6.45) is 0. The van der Waals surface area contributed by atoms with Crippen LogP contribution in [0.3, 0.4) is 0 Å². The molecule has 0 radical (unpaired) electrons. The van der Waals surface area contributed by atoms with Crippen LogP contribution < -0.4 is 0 Å². The van der Waals surface area contributed by atoms with Crippen molar-refractivity contribution >= 4 is 53.9 Å². The Bertz CT molecular complexity index is 3220. The fourth-order valence-corrected chi connectivity index (χ4v) is 9.18. The van der Waals surface area contributed by atoms with Crippen LogP contribution in [0.5, 0.6) is 0 Å². The maximum absolute atomic E-state index is 2.43. The summed E-state index contributed by atoms with van der Waals surface area (Å²) in [5, 5.41) is 12.6. The Morgan fingerprint density at radius 3 is 1.18 bits per heavy atom. The van der Waals surface area contributed by atoms with Gasteiger partial charge in [0.1, 0.15) is 0 Å². The third-order valence-electron chi connectivity index (χ3n) is 11.7. The summed E-state index contributed by atoms with van der Waals surface area (Å²) in [5.41, 5.74) is 12.4. The van der Waals surface area contributed by atoms with E-state index in [1.807, 2.05) is 0 Å². The Morgan fingerprint density at radius 2 is 0.589 bits per heavy atom. The van der Waals surface area contributed by atoms with E-state index in [9.17, 15) is 0 Å². The summed E-state index contributed by atoms with van der Waals surface area (Å²) in [5.74, 6) is 0. The molecule has 0 amide bonds. The average Bonchev–Trinajstić information content (AvgIpc) is 3.28. The monoisotopic (exact) mass is 708 g/mol. The normalized spacial score (nSPS) is 11.6. The first kappa shape index (κ1) is 32.2. The molecule has 11 rings (SSSR count). The van der Waals surface area contributed by atoms with Crippen LogP contribution in [0.1, 0.15) is 0 Å². The zero-order chi connectivity index (χ0) is 37.0. The standard InChI is InChI=1S/C56H36/c1-3-17-37(18-4-1)39-31-32-48(54(35-39)56-51-29-15-13-27-49(51)55(38-19-5-2-6-20-38)50-28-14-16-30-52(50)56)46-33-34-47(44-25-11-10-24-43(44)46)53-36-40-21-7-8-22-41(40)42-23-9-12-26-45(42)53/h1-36H. The van der Waals surface area contributed by atoms with Gasteiger partial charge >= 0.3 is 0 Å². The minimum atomic E-state index is 1.20. The van der Waals surface area contributed by atoms with Gasteiger partial charge in [-0.05, 0) is 122 Å². The van der Waals surface area contributed by atoms with E-state index in [1.165, 1.54) is 109 Å². The molecule has 0 nitrogen and oxygen atoms in total. The zero-order valence-electron chi connectivity index (χ0n) is 30.8. The second kappa shape index (κ2) is 13.2. The molecule has 0 spiro atoms. The topological polar surface area (TPSA) is 0 Å². The Labute approximate surface area is 326 Å². The second-order valence-corrected chi connectivity index (χ2v) is 14.7. The highest BCUT2D eigenvalue weighted by Crippen LogP contribution is 2.49. The summed E-state index contributed by atoms with van der Waals surface area (Å²) in [6.45, 7) is 0. The molecule has 0 saturated heterocycles. The van der Waals surface area contributed by atoms with E-state index in [1.54, 1.807) is 0 Å². The van der Waals surface area contributed by atoms with Crippen molar-refractivity contribution in [2.45, 2.75) is 0 Å². The lowest BCUT2D eigenvalue weighted by Crippen LogP contribution is -1.94. The lowest BCUT2D eigenvalue weighted by molar-refractivity contribution is 1.59. The zero-order valence-corrected chi connectivity index (χ0v) is 30.8. The van der Waals surface area contributed by atoms with Gasteiger partial charge in [0, 0.05) is 0 Å². The van der Waals surface area contributed by atoms with Crippen LogP contribution >= 0.6 is 0 Å². The summed E-state index contributed by atoms with van der Waals surface area (Å²) in [4.78, 5) is 0. The minimum Gasteiger partial charge on any atom is -0.0622 e. The van der Waals surface area contributed by atoms with E-state index in [2.05, 4.69) is 218 Å². The molecule has 0 aliphatic carbocycles. The van der Waals surface area contributed by atoms with Gasteiger partial charge in [-0.25, -0.2) is 0 Å². The molecule has 0 aromatic heterocycles. The molecule has 0 heteroatoms. The van der Waals surface area contributed by atoms with Crippen molar-refractivity contribution < 1.29 is 0 Å². The van der Waals surface area contributed by atoms with Gasteiger partial charge in [-0.2, -0.15) is 0 Å². The van der Waals surface area contributed by atoms with E-state index >= 15 is 0 Å². The van der Waals surface area contributed by atoms with E-state index < -0.39 is 0 Å². The second-order valence-electron chi connectivity index (χ2n) is 14.7. The van der Waals surface area contributed by atoms with Gasteiger partial charge in [-0.1, -0.05) is 206 Å². The van der Waals surface area contributed by atoms with Gasteiger partial charge in [0.25, 0.3) is 0 Å². The fraction of sp³-hybridized carbons (Fsp3) is 0. The minimum absolute atomic E-state index is 1.20. The lowest BCUT2D eigenvalue weighted by atomic mass is 9.81. The van der Waals surface area contributed by atoms with E-state index in [0.29, 0.717) is 0 Å². The molecule has 11 aromatic carbocycles. The maximum atomic E-state index is 2.43. The molecule has 0 saturated carbocycles. The molecule has 0 unspecified atom stereocenters. The van der Waals surface area contributed by atoms with Crippen LogP contribution in [-0.2, 0) is 0 Å². The van der Waals surface area contributed by atoms with Crippen molar-refractivity contribution in [3.05, 3.63) is 218 Å². The van der Waals surface area contributed by atoms with Gasteiger partial charge in [0.05, 0.1) is 0 Å². The van der Waals surface area contributed by atoms with Crippen molar-refractivity contribution in [2.75, 3.05) is 0 Å². The average molecular weight is 709 g/mol. The Morgan fingerprint density at radius 1 is 0.179 bits per heavy atom. The molecule has 0 aliphatic heterocycles. The Hall–Kier alpha value is -7.28. The van der Waals surface area contributed by atoms with Crippen LogP contribution in [0.25, 0.3) is 109 Å². The molecule has 0 atom stereocenters. The molecule has 11 aromatic rings. The number of hydrogen-bond acceptors (Lipinski definition) is 0. The SMILES string of the molecule is c1ccc(-c2ccc(-c3ccc(-c4cc5ccccc5c5ccccc45)c4ccccc34)c(-c3c4ccccc4c(-c4ccccc4)c4ccccc34)c2)cc1. The molecule has 0 fully saturated rings. The van der Waals surface area contributed by atoms with Gasteiger partial charge in [0.15, 0.2) is 0 Å². The highest BCUT2D eigenvalue weighted by atomic mass is 14.2. The van der Waals surface area contributed by atoms with Crippen LogP contribution in [-0.4, -0.2) is 0 Å². The molecule has 0 heterocycles. The maximum Gasteiger partial charge on any atom is -0.00199 e. The van der Waals surface area contributed by atoms with Gasteiger partial charge in [-0.15, -0.1) is 0 Å². The van der Waals surface area contributed by atoms with E-state index in [-0.39, 0.29) is 0 Å². The first-order chi connectivity index (χ1) is 27.8. The lowest BCUT2D eigenvalue weighted by Gasteiger charge is -2.21. The third kappa shape index (κ3) is 5.15. The molecular weight excluding hydrogens is 673 g/mol. The van der Waals surface area contributed by atoms with Crippen LogP contribution in [0.15, 0.2) is 218 Å². The summed E-state index contributed by atoms with van der Waals surface area (Å²) < 4.78 is 0. The fourth-order valence-electron chi connectivity index (χ4n) is 9.18. The van der Waals surface area contributed by atoms with Gasteiger partial charge in [-0.3, -0.25) is 0 Å². The Kier molecular flexibility index (Phi) is 7.60. The van der Waals surface area contributed by atoms with Crippen molar-refractivity contribution in [3.63, 3.8) is 0 Å². The highest BCUT2D eigenvalue weighted by Gasteiger charge is 2.21. The molecule has 56 heavy (non-hydrogen) atoms. The largest absolute Gasteiger partial charge is 0.0622 e. The van der Waals surface area contributed by atoms with E-state index in [4.69, 9.17) is 0 Å². The van der Waals surface area contributed by atoms with Crippen molar-refractivity contribution in [1.29, 1.82) is 0 Å².